The average molecular weight is 162 g/mol. The summed E-state index contributed by atoms with van der Waals surface area (Å²) in [7, 11) is 0. The monoisotopic (exact) mass is 162 g/mol. The number of carboxylic acid groups (broad SMARTS) is 1. The van der Waals surface area contributed by atoms with Crippen molar-refractivity contribution in [3.8, 4) is 0 Å². The summed E-state index contributed by atoms with van der Waals surface area (Å²) in [5.41, 5.74) is 5.01. The maximum atomic E-state index is 10.0. The summed E-state index contributed by atoms with van der Waals surface area (Å²) >= 11 is 3.91. The Morgan fingerprint density at radius 1 is 1.70 bits per heavy atom. The third-order valence-corrected chi connectivity index (χ3v) is 1.23. The highest BCUT2D eigenvalue weighted by Gasteiger charge is 2.08. The van der Waals surface area contributed by atoms with Gasteiger partial charge in [-0.25, -0.2) is 0 Å². The lowest BCUT2D eigenvalue weighted by molar-refractivity contribution is -0.136. The molecule has 0 saturated heterocycles. The van der Waals surface area contributed by atoms with Crippen molar-refractivity contribution >= 4 is 24.4 Å². The van der Waals surface area contributed by atoms with Crippen LogP contribution in [0.4, 0.5) is 0 Å². The highest BCUT2D eigenvalue weighted by atomic mass is 32.1. The number of carbonyl (C=O) groups is 1. The fourth-order valence-corrected chi connectivity index (χ4v) is 0.880. The summed E-state index contributed by atoms with van der Waals surface area (Å²) in [5.74, 6) is -0.942. The molecule has 0 heterocycles. The summed E-state index contributed by atoms with van der Waals surface area (Å²) in [4.78, 5) is 10.0. The van der Waals surface area contributed by atoms with Crippen molar-refractivity contribution in [2.24, 2.45) is 5.73 Å². The number of nitrogens with one attached hydrogen (secondary N) is 1. The van der Waals surface area contributed by atoms with Gasteiger partial charge in [0.15, 0.2) is 0 Å². The van der Waals surface area contributed by atoms with Crippen LogP contribution in [0.2, 0.25) is 0 Å². The van der Waals surface area contributed by atoms with Crippen LogP contribution in [0, 0.1) is 5.41 Å². The molecule has 0 aliphatic rings. The fraction of sp³-hybridized carbons (Fsp3) is 0.600. The van der Waals surface area contributed by atoms with Gasteiger partial charge in [-0.05, 0) is 0 Å². The van der Waals surface area contributed by atoms with E-state index in [4.69, 9.17) is 16.2 Å². The number of carboxylic acids is 1. The first kappa shape index (κ1) is 9.29. The minimum Gasteiger partial charge on any atom is -0.481 e. The largest absolute Gasteiger partial charge is 0.481 e. The Morgan fingerprint density at radius 3 is 2.50 bits per heavy atom. The van der Waals surface area contributed by atoms with Crippen LogP contribution >= 0.6 is 12.6 Å². The number of thiol groups is 1. The van der Waals surface area contributed by atoms with Crippen LogP contribution in [0.5, 0.6) is 0 Å². The molecule has 0 aromatic heterocycles. The summed E-state index contributed by atoms with van der Waals surface area (Å²) in [6.07, 6.45) is 0.179. The molecule has 0 spiro atoms. The molecule has 1 unspecified atom stereocenters. The van der Waals surface area contributed by atoms with Gasteiger partial charge in [0, 0.05) is 11.7 Å². The average Bonchev–Trinajstić information content (AvgIpc) is 1.58. The van der Waals surface area contributed by atoms with Crippen LogP contribution in [0.25, 0.3) is 0 Å². The molecule has 0 aliphatic carbocycles. The van der Waals surface area contributed by atoms with Crippen LogP contribution in [0.1, 0.15) is 12.8 Å². The van der Waals surface area contributed by atoms with E-state index in [1.807, 2.05) is 0 Å². The molecule has 0 radical (unpaired) electrons. The second-order valence-corrected chi connectivity index (χ2v) is 2.71. The molecule has 0 amide bonds. The molecular formula is C5H10N2O2S. The molecule has 0 bridgehead atoms. The van der Waals surface area contributed by atoms with Gasteiger partial charge in [-0.2, -0.15) is 12.6 Å². The summed E-state index contributed by atoms with van der Waals surface area (Å²) in [5, 5.41) is 14.7. The van der Waals surface area contributed by atoms with Gasteiger partial charge in [-0.3, -0.25) is 10.2 Å². The van der Waals surface area contributed by atoms with Crippen molar-refractivity contribution in [2.45, 2.75) is 18.1 Å². The van der Waals surface area contributed by atoms with Gasteiger partial charge in [0.25, 0.3) is 0 Å². The number of rotatable bonds is 4. The molecule has 0 rings (SSSR count). The number of amidine groups is 1. The van der Waals surface area contributed by atoms with E-state index in [-0.39, 0.29) is 23.9 Å². The molecule has 0 aromatic carbocycles. The lowest BCUT2D eigenvalue weighted by Crippen LogP contribution is -2.18. The van der Waals surface area contributed by atoms with E-state index in [0.717, 1.165) is 0 Å². The Labute approximate surface area is 64.3 Å². The zero-order valence-electron chi connectivity index (χ0n) is 5.37. The number of aliphatic carboxylic acids is 1. The first-order valence-corrected chi connectivity index (χ1v) is 3.26. The van der Waals surface area contributed by atoms with Gasteiger partial charge in [0.1, 0.15) is 0 Å². The van der Waals surface area contributed by atoms with Crippen LogP contribution in [0.15, 0.2) is 0 Å². The third kappa shape index (κ3) is 5.43. The minimum absolute atomic E-state index is 0.0266. The van der Waals surface area contributed by atoms with Gasteiger partial charge in [-0.15, -0.1) is 0 Å². The van der Waals surface area contributed by atoms with Crippen molar-refractivity contribution in [1.29, 1.82) is 5.41 Å². The van der Waals surface area contributed by atoms with E-state index in [1.165, 1.54) is 0 Å². The van der Waals surface area contributed by atoms with Crippen LogP contribution in [-0.4, -0.2) is 22.2 Å². The van der Waals surface area contributed by atoms with E-state index in [9.17, 15) is 4.79 Å². The van der Waals surface area contributed by atoms with E-state index < -0.39 is 5.97 Å². The van der Waals surface area contributed by atoms with E-state index in [1.54, 1.807) is 0 Å². The molecule has 0 aromatic rings. The van der Waals surface area contributed by atoms with Crippen molar-refractivity contribution in [1.82, 2.24) is 0 Å². The number of hydrogen-bond donors (Lipinski definition) is 4. The topological polar surface area (TPSA) is 87.2 Å². The maximum Gasteiger partial charge on any atom is 0.304 e. The normalized spacial score (nSPS) is 12.5. The lowest BCUT2D eigenvalue weighted by Gasteiger charge is -2.04. The van der Waals surface area contributed by atoms with Crippen LogP contribution in [-0.2, 0) is 4.79 Å². The van der Waals surface area contributed by atoms with Crippen LogP contribution < -0.4 is 5.73 Å². The van der Waals surface area contributed by atoms with E-state index in [2.05, 4.69) is 12.6 Å². The second-order valence-electron chi connectivity index (χ2n) is 1.98. The maximum absolute atomic E-state index is 10.0. The smallest absolute Gasteiger partial charge is 0.304 e. The van der Waals surface area contributed by atoms with Crippen molar-refractivity contribution in [3.63, 3.8) is 0 Å². The van der Waals surface area contributed by atoms with Gasteiger partial charge < -0.3 is 10.8 Å². The van der Waals surface area contributed by atoms with Crippen molar-refractivity contribution < 1.29 is 9.90 Å². The Balaban J connectivity index is 3.53. The molecular weight excluding hydrogens is 152 g/mol. The van der Waals surface area contributed by atoms with Crippen LogP contribution in [0.3, 0.4) is 0 Å². The number of nitrogens with two attached hydrogens (primary N) is 1. The van der Waals surface area contributed by atoms with Crippen molar-refractivity contribution in [2.75, 3.05) is 0 Å². The zero-order chi connectivity index (χ0) is 8.15. The Bertz CT molecular complexity index is 133. The highest BCUT2D eigenvalue weighted by Crippen LogP contribution is 2.05. The predicted octanol–water partition coefficient (Wildman–Crippen LogP) is 0.0856. The Kier molecular flexibility index (Phi) is 3.87. The second kappa shape index (κ2) is 4.16. The molecule has 10 heavy (non-hydrogen) atoms. The quantitative estimate of drug-likeness (QED) is 0.268. The first-order valence-electron chi connectivity index (χ1n) is 2.75. The van der Waals surface area contributed by atoms with E-state index >= 15 is 0 Å². The molecule has 4 N–H and O–H groups in total. The molecule has 4 nitrogen and oxygen atoms in total. The lowest BCUT2D eigenvalue weighted by atomic mass is 10.2. The minimum atomic E-state index is -0.916. The summed E-state index contributed by atoms with van der Waals surface area (Å²) in [6, 6.07) is 0. The van der Waals surface area contributed by atoms with Gasteiger partial charge in [0.05, 0.1) is 12.3 Å². The molecule has 0 saturated carbocycles. The zero-order valence-corrected chi connectivity index (χ0v) is 6.27. The highest BCUT2D eigenvalue weighted by molar-refractivity contribution is 7.81. The fourth-order valence-electron chi connectivity index (χ4n) is 0.528. The summed E-state index contributed by atoms with van der Waals surface area (Å²) in [6.45, 7) is 0. The predicted molar refractivity (Wildman–Crippen MR) is 41.6 cm³/mol. The standard InChI is InChI=1S/C5H10N2O2S/c6-4(7)1-3(10)2-5(8)9/h3,10H,1-2H2,(H3,6,7)(H,8,9). The van der Waals surface area contributed by atoms with Gasteiger partial charge in [0.2, 0.25) is 0 Å². The van der Waals surface area contributed by atoms with Crippen molar-refractivity contribution in [3.05, 3.63) is 0 Å². The Hall–Kier alpha value is -0.710. The molecule has 58 valence electrons. The SMILES string of the molecule is N=C(N)CC(S)CC(=O)O. The molecule has 5 heteroatoms. The first-order chi connectivity index (χ1) is 4.52. The summed E-state index contributed by atoms with van der Waals surface area (Å²) < 4.78 is 0. The van der Waals surface area contributed by atoms with Gasteiger partial charge in [-0.1, -0.05) is 0 Å². The van der Waals surface area contributed by atoms with Gasteiger partial charge >= 0.3 is 5.97 Å². The molecule has 1 atom stereocenters. The number of hydrogen-bond acceptors (Lipinski definition) is 3. The molecule has 0 fully saturated rings. The van der Waals surface area contributed by atoms with E-state index in [0.29, 0.717) is 0 Å². The molecule has 0 aliphatic heterocycles. The third-order valence-electron chi connectivity index (χ3n) is 0.866. The Morgan fingerprint density at radius 2 is 2.20 bits per heavy atom.